The molecule has 2 aliphatic rings. The van der Waals surface area contributed by atoms with E-state index in [9.17, 15) is 0 Å². The molecule has 2 nitrogen and oxygen atoms in total. The van der Waals surface area contributed by atoms with Crippen LogP contribution >= 0.6 is 0 Å². The minimum Gasteiger partial charge on any atom is -0.380 e. The van der Waals surface area contributed by atoms with E-state index in [1.54, 1.807) is 0 Å². The predicted octanol–water partition coefficient (Wildman–Crippen LogP) is 2.97. The molecule has 0 aromatic carbocycles. The summed E-state index contributed by atoms with van der Waals surface area (Å²) >= 11 is 0. The van der Waals surface area contributed by atoms with Crippen molar-refractivity contribution in [2.45, 2.75) is 57.9 Å². The molecule has 0 spiro atoms. The SMILES string of the molecule is CCNC(COCC1CC1)C1CCCCC1. The van der Waals surface area contributed by atoms with Gasteiger partial charge < -0.3 is 10.1 Å². The van der Waals surface area contributed by atoms with Gasteiger partial charge in [-0.25, -0.2) is 0 Å². The molecule has 0 saturated heterocycles. The first-order valence-electron chi connectivity index (χ1n) is 7.21. The Labute approximate surface area is 100 Å². The van der Waals surface area contributed by atoms with Crippen molar-refractivity contribution >= 4 is 0 Å². The van der Waals surface area contributed by atoms with Gasteiger partial charge in [-0.05, 0) is 44.1 Å². The largest absolute Gasteiger partial charge is 0.380 e. The van der Waals surface area contributed by atoms with Crippen LogP contribution in [0, 0.1) is 11.8 Å². The van der Waals surface area contributed by atoms with Crippen molar-refractivity contribution in [2.75, 3.05) is 19.8 Å². The molecule has 0 aromatic rings. The third-order valence-electron chi connectivity index (χ3n) is 4.03. The van der Waals surface area contributed by atoms with E-state index in [2.05, 4.69) is 12.2 Å². The zero-order valence-electron chi connectivity index (χ0n) is 10.7. The van der Waals surface area contributed by atoms with Gasteiger partial charge in [-0.2, -0.15) is 0 Å². The van der Waals surface area contributed by atoms with Gasteiger partial charge in [-0.15, -0.1) is 0 Å². The van der Waals surface area contributed by atoms with E-state index in [1.807, 2.05) is 0 Å². The fourth-order valence-corrected chi connectivity index (χ4v) is 2.81. The maximum absolute atomic E-state index is 5.86. The van der Waals surface area contributed by atoms with Crippen molar-refractivity contribution in [3.05, 3.63) is 0 Å². The second kappa shape index (κ2) is 6.61. The van der Waals surface area contributed by atoms with Gasteiger partial charge in [0.2, 0.25) is 0 Å². The van der Waals surface area contributed by atoms with E-state index in [0.29, 0.717) is 6.04 Å². The maximum atomic E-state index is 5.86. The number of likely N-dealkylation sites (N-methyl/N-ethyl adjacent to an activating group) is 1. The van der Waals surface area contributed by atoms with E-state index in [4.69, 9.17) is 4.74 Å². The van der Waals surface area contributed by atoms with Gasteiger partial charge in [0.05, 0.1) is 6.61 Å². The Kier molecular flexibility index (Phi) is 5.11. The van der Waals surface area contributed by atoms with Gasteiger partial charge in [-0.1, -0.05) is 26.2 Å². The molecular weight excluding hydrogens is 198 g/mol. The van der Waals surface area contributed by atoms with Gasteiger partial charge >= 0.3 is 0 Å². The highest BCUT2D eigenvalue weighted by Gasteiger charge is 2.25. The van der Waals surface area contributed by atoms with Crippen molar-refractivity contribution in [1.29, 1.82) is 0 Å². The van der Waals surface area contributed by atoms with Crippen molar-refractivity contribution in [3.8, 4) is 0 Å². The molecule has 1 N–H and O–H groups in total. The molecule has 2 heteroatoms. The van der Waals surface area contributed by atoms with Crippen LogP contribution in [0.2, 0.25) is 0 Å². The Bertz CT molecular complexity index is 185. The summed E-state index contributed by atoms with van der Waals surface area (Å²) in [5.74, 6) is 1.77. The molecule has 1 unspecified atom stereocenters. The van der Waals surface area contributed by atoms with Crippen LogP contribution in [0.4, 0.5) is 0 Å². The van der Waals surface area contributed by atoms with Crippen LogP contribution in [0.1, 0.15) is 51.9 Å². The third-order valence-corrected chi connectivity index (χ3v) is 4.03. The number of rotatable bonds is 7. The van der Waals surface area contributed by atoms with E-state index in [0.717, 1.165) is 31.6 Å². The second-order valence-corrected chi connectivity index (χ2v) is 5.54. The standard InChI is InChI=1S/C14H27NO/c1-2-15-14(11-16-10-12-8-9-12)13-6-4-3-5-7-13/h12-15H,2-11H2,1H3. The minimum absolute atomic E-state index is 0.615. The van der Waals surface area contributed by atoms with Gasteiger partial charge in [0, 0.05) is 12.6 Å². The summed E-state index contributed by atoms with van der Waals surface area (Å²) in [5, 5.41) is 3.62. The highest BCUT2D eigenvalue weighted by molar-refractivity contribution is 4.79. The van der Waals surface area contributed by atoms with Crippen LogP contribution < -0.4 is 5.32 Å². The Balaban J connectivity index is 1.68. The molecule has 0 amide bonds. The summed E-state index contributed by atoms with van der Waals surface area (Å²) in [7, 11) is 0. The van der Waals surface area contributed by atoms with Gasteiger partial charge in [0.15, 0.2) is 0 Å². The summed E-state index contributed by atoms with van der Waals surface area (Å²) in [6, 6.07) is 0.615. The lowest BCUT2D eigenvalue weighted by Crippen LogP contribution is -2.41. The van der Waals surface area contributed by atoms with E-state index in [1.165, 1.54) is 44.9 Å². The fraction of sp³-hybridized carbons (Fsp3) is 1.00. The molecular formula is C14H27NO. The molecule has 2 saturated carbocycles. The van der Waals surface area contributed by atoms with Crippen LogP contribution in [0.25, 0.3) is 0 Å². The lowest BCUT2D eigenvalue weighted by molar-refractivity contribution is 0.0782. The number of hydrogen-bond donors (Lipinski definition) is 1. The summed E-state index contributed by atoms with van der Waals surface area (Å²) in [4.78, 5) is 0. The Hall–Kier alpha value is -0.0800. The highest BCUT2D eigenvalue weighted by atomic mass is 16.5. The van der Waals surface area contributed by atoms with Crippen LogP contribution in [0.5, 0.6) is 0 Å². The number of ether oxygens (including phenoxy) is 1. The molecule has 2 fully saturated rings. The first-order valence-corrected chi connectivity index (χ1v) is 7.21. The number of nitrogens with one attached hydrogen (secondary N) is 1. The van der Waals surface area contributed by atoms with Crippen LogP contribution in [-0.4, -0.2) is 25.8 Å². The average Bonchev–Trinajstić information content (AvgIpc) is 3.13. The molecule has 0 aliphatic heterocycles. The normalized spacial score (nSPS) is 24.6. The van der Waals surface area contributed by atoms with E-state index in [-0.39, 0.29) is 0 Å². The summed E-state index contributed by atoms with van der Waals surface area (Å²) in [5.41, 5.74) is 0. The average molecular weight is 225 g/mol. The van der Waals surface area contributed by atoms with Gasteiger partial charge in [0.25, 0.3) is 0 Å². The zero-order valence-corrected chi connectivity index (χ0v) is 10.7. The fourth-order valence-electron chi connectivity index (χ4n) is 2.81. The topological polar surface area (TPSA) is 21.3 Å². The molecule has 2 rings (SSSR count). The highest BCUT2D eigenvalue weighted by Crippen LogP contribution is 2.30. The molecule has 0 heterocycles. The first-order chi connectivity index (χ1) is 7.90. The van der Waals surface area contributed by atoms with Gasteiger partial charge in [-0.3, -0.25) is 0 Å². The molecule has 94 valence electrons. The van der Waals surface area contributed by atoms with Gasteiger partial charge in [0.1, 0.15) is 0 Å². The molecule has 0 aromatic heterocycles. The van der Waals surface area contributed by atoms with E-state index >= 15 is 0 Å². The van der Waals surface area contributed by atoms with Crippen LogP contribution in [-0.2, 0) is 4.74 Å². The molecule has 0 bridgehead atoms. The summed E-state index contributed by atoms with van der Waals surface area (Å²) < 4.78 is 5.86. The van der Waals surface area contributed by atoms with Crippen molar-refractivity contribution in [1.82, 2.24) is 5.32 Å². The smallest absolute Gasteiger partial charge is 0.0622 e. The van der Waals surface area contributed by atoms with Crippen LogP contribution in [0.3, 0.4) is 0 Å². The quantitative estimate of drug-likeness (QED) is 0.719. The Morgan fingerprint density at radius 2 is 1.88 bits per heavy atom. The number of hydrogen-bond acceptors (Lipinski definition) is 2. The Morgan fingerprint density at radius 3 is 2.50 bits per heavy atom. The maximum Gasteiger partial charge on any atom is 0.0622 e. The molecule has 16 heavy (non-hydrogen) atoms. The third kappa shape index (κ3) is 4.06. The Morgan fingerprint density at radius 1 is 1.12 bits per heavy atom. The first kappa shape index (κ1) is 12.4. The second-order valence-electron chi connectivity index (χ2n) is 5.54. The monoisotopic (exact) mass is 225 g/mol. The van der Waals surface area contributed by atoms with Crippen molar-refractivity contribution in [3.63, 3.8) is 0 Å². The predicted molar refractivity (Wildman–Crippen MR) is 67.6 cm³/mol. The lowest BCUT2D eigenvalue weighted by atomic mass is 9.84. The molecule has 1 atom stereocenters. The van der Waals surface area contributed by atoms with Crippen molar-refractivity contribution < 1.29 is 4.74 Å². The summed E-state index contributed by atoms with van der Waals surface area (Å²) in [6.45, 7) is 5.23. The van der Waals surface area contributed by atoms with Crippen molar-refractivity contribution in [2.24, 2.45) is 11.8 Å². The molecule has 0 radical (unpaired) electrons. The van der Waals surface area contributed by atoms with E-state index < -0.39 is 0 Å². The zero-order chi connectivity index (χ0) is 11.2. The molecule has 2 aliphatic carbocycles. The minimum atomic E-state index is 0.615. The summed E-state index contributed by atoms with van der Waals surface area (Å²) in [6.07, 6.45) is 9.90. The lowest BCUT2D eigenvalue weighted by Gasteiger charge is -2.30. The van der Waals surface area contributed by atoms with Crippen LogP contribution in [0.15, 0.2) is 0 Å².